The normalized spacial score (nSPS) is 10.4. The maximum atomic E-state index is 4.43. The van der Waals surface area contributed by atoms with Crippen LogP contribution in [0.5, 0.6) is 0 Å². The summed E-state index contributed by atoms with van der Waals surface area (Å²) in [6, 6.07) is 0. The molecular formula is C13H20N6. The van der Waals surface area contributed by atoms with Gasteiger partial charge in [-0.2, -0.15) is 5.10 Å². The summed E-state index contributed by atoms with van der Waals surface area (Å²) in [4.78, 5) is 8.59. The van der Waals surface area contributed by atoms with Gasteiger partial charge in [-0.05, 0) is 18.9 Å². The van der Waals surface area contributed by atoms with E-state index in [-0.39, 0.29) is 0 Å². The Morgan fingerprint density at radius 2 is 1.84 bits per heavy atom. The second-order valence-corrected chi connectivity index (χ2v) is 4.42. The molecule has 0 fully saturated rings. The summed E-state index contributed by atoms with van der Waals surface area (Å²) >= 11 is 0. The number of nitrogens with zero attached hydrogens (tertiary/aromatic N) is 4. The second-order valence-electron chi connectivity index (χ2n) is 4.42. The summed E-state index contributed by atoms with van der Waals surface area (Å²) in [5.74, 6) is 1.59. The average molecular weight is 260 g/mol. The molecule has 0 aliphatic heterocycles. The molecule has 0 radical (unpaired) electrons. The van der Waals surface area contributed by atoms with Crippen molar-refractivity contribution in [3.63, 3.8) is 0 Å². The molecule has 2 aromatic heterocycles. The van der Waals surface area contributed by atoms with E-state index in [9.17, 15) is 0 Å². The minimum atomic E-state index is 0.771. The molecule has 0 unspecified atom stereocenters. The van der Waals surface area contributed by atoms with Crippen LogP contribution in [0, 0.1) is 6.92 Å². The van der Waals surface area contributed by atoms with Gasteiger partial charge in [0.05, 0.1) is 25.1 Å². The van der Waals surface area contributed by atoms with Crippen LogP contribution in [-0.2, 0) is 6.54 Å². The molecule has 0 saturated carbocycles. The highest BCUT2D eigenvalue weighted by atomic mass is 15.3. The molecule has 0 aromatic carbocycles. The highest BCUT2D eigenvalue weighted by Crippen LogP contribution is 2.06. The van der Waals surface area contributed by atoms with Crippen molar-refractivity contribution < 1.29 is 0 Å². The second kappa shape index (κ2) is 6.72. The maximum Gasteiger partial charge on any atom is 0.147 e. The zero-order chi connectivity index (χ0) is 13.5. The van der Waals surface area contributed by atoms with Gasteiger partial charge in [0.25, 0.3) is 0 Å². The van der Waals surface area contributed by atoms with Crippen molar-refractivity contribution in [3.8, 4) is 0 Å². The molecule has 0 aliphatic rings. The van der Waals surface area contributed by atoms with E-state index in [0.29, 0.717) is 0 Å². The molecular weight excluding hydrogens is 240 g/mol. The molecule has 19 heavy (non-hydrogen) atoms. The van der Waals surface area contributed by atoms with Crippen molar-refractivity contribution >= 4 is 11.6 Å². The lowest BCUT2D eigenvalue weighted by molar-refractivity contribution is 0.636. The smallest absolute Gasteiger partial charge is 0.147 e. The molecule has 0 spiro atoms. The molecule has 2 N–H and O–H groups in total. The number of hydrogen-bond donors (Lipinski definition) is 2. The zero-order valence-electron chi connectivity index (χ0n) is 11.4. The van der Waals surface area contributed by atoms with Crippen LogP contribution < -0.4 is 10.6 Å². The summed E-state index contributed by atoms with van der Waals surface area (Å²) in [5.41, 5.74) is 1.17. The highest BCUT2D eigenvalue weighted by Gasteiger charge is 1.98. The highest BCUT2D eigenvalue weighted by molar-refractivity contribution is 5.41. The molecule has 2 aromatic rings. The Hall–Kier alpha value is -2.11. The van der Waals surface area contributed by atoms with E-state index >= 15 is 0 Å². The Bertz CT molecular complexity index is 507. The standard InChI is InChI=1S/C13H20N6/c1-3-4-15-12-8-14-9-13(18-12)16-5-6-19-10-11(2)7-17-19/h7-10H,3-6H2,1-2H3,(H2,15,16,18). The number of anilines is 2. The van der Waals surface area contributed by atoms with E-state index in [1.165, 1.54) is 5.56 Å². The van der Waals surface area contributed by atoms with Gasteiger partial charge in [-0.25, -0.2) is 4.98 Å². The van der Waals surface area contributed by atoms with Crippen LogP contribution in [0.1, 0.15) is 18.9 Å². The molecule has 0 aliphatic carbocycles. The molecule has 0 bridgehead atoms. The third-order valence-electron chi connectivity index (χ3n) is 2.60. The van der Waals surface area contributed by atoms with Gasteiger partial charge in [-0.15, -0.1) is 0 Å². The Balaban J connectivity index is 1.82. The molecule has 6 nitrogen and oxygen atoms in total. The Labute approximate surface area is 113 Å². The van der Waals surface area contributed by atoms with Gasteiger partial charge in [-0.1, -0.05) is 6.92 Å². The molecule has 2 rings (SSSR count). The predicted molar refractivity (Wildman–Crippen MR) is 76.3 cm³/mol. The molecule has 2 heterocycles. The van der Waals surface area contributed by atoms with Crippen LogP contribution in [0.2, 0.25) is 0 Å². The number of aryl methyl sites for hydroxylation is 1. The molecule has 0 atom stereocenters. The lowest BCUT2D eigenvalue weighted by atomic mass is 10.4. The van der Waals surface area contributed by atoms with E-state index in [1.54, 1.807) is 12.4 Å². The Morgan fingerprint density at radius 3 is 2.47 bits per heavy atom. The Kier molecular flexibility index (Phi) is 4.72. The van der Waals surface area contributed by atoms with Crippen LogP contribution in [0.25, 0.3) is 0 Å². The number of rotatable bonds is 7. The van der Waals surface area contributed by atoms with E-state index in [0.717, 1.165) is 37.7 Å². The van der Waals surface area contributed by atoms with Gasteiger partial charge < -0.3 is 10.6 Å². The topological polar surface area (TPSA) is 67.7 Å². The zero-order valence-corrected chi connectivity index (χ0v) is 11.4. The third kappa shape index (κ3) is 4.24. The van der Waals surface area contributed by atoms with Gasteiger partial charge in [0, 0.05) is 19.3 Å². The minimum Gasteiger partial charge on any atom is -0.369 e. The quantitative estimate of drug-likeness (QED) is 0.796. The molecule has 0 saturated heterocycles. The van der Waals surface area contributed by atoms with E-state index in [1.807, 2.05) is 24.0 Å². The Morgan fingerprint density at radius 1 is 1.11 bits per heavy atom. The number of hydrogen-bond acceptors (Lipinski definition) is 5. The number of nitrogens with one attached hydrogen (secondary N) is 2. The van der Waals surface area contributed by atoms with Crippen molar-refractivity contribution in [1.29, 1.82) is 0 Å². The molecule has 102 valence electrons. The van der Waals surface area contributed by atoms with Gasteiger partial charge in [0.15, 0.2) is 0 Å². The monoisotopic (exact) mass is 260 g/mol. The minimum absolute atomic E-state index is 0.771. The fourth-order valence-electron chi connectivity index (χ4n) is 1.68. The fourth-order valence-corrected chi connectivity index (χ4v) is 1.68. The van der Waals surface area contributed by atoms with Crippen molar-refractivity contribution in [2.75, 3.05) is 23.7 Å². The van der Waals surface area contributed by atoms with Crippen LogP contribution >= 0.6 is 0 Å². The van der Waals surface area contributed by atoms with Gasteiger partial charge in [0.2, 0.25) is 0 Å². The fraction of sp³-hybridized carbons (Fsp3) is 0.462. The van der Waals surface area contributed by atoms with Gasteiger partial charge >= 0.3 is 0 Å². The number of aromatic nitrogens is 4. The van der Waals surface area contributed by atoms with E-state index in [2.05, 4.69) is 32.6 Å². The van der Waals surface area contributed by atoms with Crippen molar-refractivity contribution in [3.05, 3.63) is 30.4 Å². The third-order valence-corrected chi connectivity index (χ3v) is 2.60. The van der Waals surface area contributed by atoms with Gasteiger partial charge in [-0.3, -0.25) is 9.67 Å². The lowest BCUT2D eigenvalue weighted by Crippen LogP contribution is -2.12. The average Bonchev–Trinajstić information content (AvgIpc) is 2.83. The first kappa shape index (κ1) is 13.3. The van der Waals surface area contributed by atoms with Crippen molar-refractivity contribution in [2.24, 2.45) is 0 Å². The van der Waals surface area contributed by atoms with Crippen molar-refractivity contribution in [2.45, 2.75) is 26.8 Å². The van der Waals surface area contributed by atoms with Crippen LogP contribution in [0.3, 0.4) is 0 Å². The van der Waals surface area contributed by atoms with E-state index in [4.69, 9.17) is 0 Å². The van der Waals surface area contributed by atoms with Crippen LogP contribution in [0.4, 0.5) is 11.6 Å². The van der Waals surface area contributed by atoms with Gasteiger partial charge in [0.1, 0.15) is 11.6 Å². The molecule has 6 heteroatoms. The first-order valence-electron chi connectivity index (χ1n) is 6.57. The van der Waals surface area contributed by atoms with Crippen molar-refractivity contribution in [1.82, 2.24) is 19.7 Å². The van der Waals surface area contributed by atoms with Crippen LogP contribution in [0.15, 0.2) is 24.8 Å². The first-order chi connectivity index (χ1) is 9.28. The van der Waals surface area contributed by atoms with E-state index < -0.39 is 0 Å². The first-order valence-corrected chi connectivity index (χ1v) is 6.57. The SMILES string of the molecule is CCCNc1cncc(NCCn2cc(C)cn2)n1. The lowest BCUT2D eigenvalue weighted by Gasteiger charge is -2.08. The summed E-state index contributed by atoms with van der Waals surface area (Å²) in [6.45, 7) is 6.64. The summed E-state index contributed by atoms with van der Waals surface area (Å²) in [6.07, 6.45) is 8.41. The molecule has 0 amide bonds. The summed E-state index contributed by atoms with van der Waals surface area (Å²) in [5, 5.41) is 10.7. The summed E-state index contributed by atoms with van der Waals surface area (Å²) < 4.78 is 1.91. The largest absolute Gasteiger partial charge is 0.369 e. The predicted octanol–water partition coefficient (Wildman–Crippen LogP) is 1.92. The van der Waals surface area contributed by atoms with Crippen LogP contribution in [-0.4, -0.2) is 32.8 Å². The summed E-state index contributed by atoms with van der Waals surface area (Å²) in [7, 11) is 0. The maximum absolute atomic E-state index is 4.43.